The Labute approximate surface area is 135 Å². The van der Waals surface area contributed by atoms with Gasteiger partial charge in [-0.15, -0.1) is 0 Å². The van der Waals surface area contributed by atoms with Gasteiger partial charge in [0.1, 0.15) is 0 Å². The van der Waals surface area contributed by atoms with E-state index in [0.717, 1.165) is 64.8 Å². The highest BCUT2D eigenvalue weighted by Crippen LogP contribution is 2.36. The number of hydrogen-bond acceptors (Lipinski definition) is 2. The first-order chi connectivity index (χ1) is 10.9. The number of benzene rings is 1. The van der Waals surface area contributed by atoms with Crippen LogP contribution in [-0.2, 0) is 12.8 Å². The van der Waals surface area contributed by atoms with Crippen LogP contribution in [-0.4, -0.2) is 10.9 Å². The van der Waals surface area contributed by atoms with Crippen LogP contribution in [0.1, 0.15) is 51.1 Å². The summed E-state index contributed by atoms with van der Waals surface area (Å²) in [5.41, 5.74) is 13.1. The minimum absolute atomic E-state index is 0.0299. The third-order valence-corrected chi connectivity index (χ3v) is 4.91. The Bertz CT molecular complexity index is 863. The molecule has 2 aromatic rings. The number of H-pyrrole nitrogens is 1. The van der Waals surface area contributed by atoms with E-state index in [0.29, 0.717) is 5.56 Å². The zero-order valence-corrected chi connectivity index (χ0v) is 13.9. The second-order valence-corrected chi connectivity index (χ2v) is 6.41. The minimum atomic E-state index is -0.417. The predicted octanol–water partition coefficient (Wildman–Crippen LogP) is 2.94. The molecule has 4 nitrogen and oxygen atoms in total. The number of aromatic amines is 1. The van der Waals surface area contributed by atoms with Crippen molar-refractivity contribution < 1.29 is 4.79 Å². The van der Waals surface area contributed by atoms with Gasteiger partial charge in [0.25, 0.3) is 5.56 Å². The monoisotopic (exact) mass is 310 g/mol. The lowest BCUT2D eigenvalue weighted by Gasteiger charge is -2.23. The fraction of sp³-hybridized carbons (Fsp3) is 0.368. The summed E-state index contributed by atoms with van der Waals surface area (Å²) in [7, 11) is 0. The van der Waals surface area contributed by atoms with Gasteiger partial charge < -0.3 is 10.7 Å². The van der Waals surface area contributed by atoms with Crippen molar-refractivity contribution in [3.63, 3.8) is 0 Å². The van der Waals surface area contributed by atoms with Gasteiger partial charge in [-0.25, -0.2) is 0 Å². The molecule has 0 fully saturated rings. The molecule has 1 aliphatic rings. The maximum Gasteiger partial charge on any atom is 0.251 e. The van der Waals surface area contributed by atoms with Gasteiger partial charge in [0.15, 0.2) is 0 Å². The van der Waals surface area contributed by atoms with Crippen molar-refractivity contribution >= 4 is 5.91 Å². The number of nitrogens with two attached hydrogens (primary N) is 1. The number of rotatable bonds is 2. The molecule has 0 radical (unpaired) electrons. The first kappa shape index (κ1) is 15.5. The van der Waals surface area contributed by atoms with E-state index >= 15 is 0 Å². The molecule has 0 saturated carbocycles. The molecule has 0 bridgehead atoms. The molecule has 1 heterocycles. The van der Waals surface area contributed by atoms with E-state index < -0.39 is 5.91 Å². The molecular weight excluding hydrogens is 288 g/mol. The highest BCUT2D eigenvalue weighted by Gasteiger charge is 2.23. The standard InChI is InChI=1S/C19H22N2O2/c1-10-8-9-13(18(20)22)11(2)16(10)17-12(3)21-19(23)15-7-5-4-6-14(15)17/h8-9H,4-7H2,1-3H3,(H2,20,22)(H,21,23). The van der Waals surface area contributed by atoms with Gasteiger partial charge in [-0.1, -0.05) is 6.07 Å². The molecule has 1 aliphatic carbocycles. The second kappa shape index (κ2) is 5.69. The Hall–Kier alpha value is -2.36. The summed E-state index contributed by atoms with van der Waals surface area (Å²) in [6.07, 6.45) is 3.88. The van der Waals surface area contributed by atoms with Gasteiger partial charge in [-0.05, 0) is 74.8 Å². The number of carbonyl (C=O) groups is 1. The highest BCUT2D eigenvalue weighted by molar-refractivity contribution is 5.97. The third kappa shape index (κ3) is 2.48. The Morgan fingerprint density at radius 3 is 2.35 bits per heavy atom. The molecule has 0 saturated heterocycles. The number of primary amides is 1. The van der Waals surface area contributed by atoms with Crippen LogP contribution in [0.25, 0.3) is 11.1 Å². The summed E-state index contributed by atoms with van der Waals surface area (Å²) in [5.74, 6) is -0.417. The van der Waals surface area contributed by atoms with Gasteiger partial charge in [0, 0.05) is 22.4 Å². The third-order valence-electron chi connectivity index (χ3n) is 4.91. The smallest absolute Gasteiger partial charge is 0.251 e. The Balaban J connectivity index is 2.38. The van der Waals surface area contributed by atoms with Crippen LogP contribution in [0.3, 0.4) is 0 Å². The quantitative estimate of drug-likeness (QED) is 0.894. The summed E-state index contributed by atoms with van der Waals surface area (Å²) in [4.78, 5) is 27.0. The van der Waals surface area contributed by atoms with Crippen LogP contribution in [0.2, 0.25) is 0 Å². The molecular formula is C19H22N2O2. The van der Waals surface area contributed by atoms with Crippen molar-refractivity contribution in [1.82, 2.24) is 4.98 Å². The first-order valence-electron chi connectivity index (χ1n) is 8.06. The van der Waals surface area contributed by atoms with Crippen molar-refractivity contribution in [3.05, 3.63) is 56.0 Å². The molecule has 0 aliphatic heterocycles. The number of fused-ring (bicyclic) bond motifs is 1. The molecule has 0 unspecified atom stereocenters. The molecule has 4 heteroatoms. The van der Waals surface area contributed by atoms with E-state index in [4.69, 9.17) is 5.73 Å². The van der Waals surface area contributed by atoms with Gasteiger partial charge in [-0.2, -0.15) is 0 Å². The summed E-state index contributed by atoms with van der Waals surface area (Å²) in [6.45, 7) is 5.90. The number of pyridine rings is 1. The number of carbonyl (C=O) groups excluding carboxylic acids is 1. The number of aromatic nitrogens is 1. The Kier molecular flexibility index (Phi) is 3.84. The van der Waals surface area contributed by atoms with Crippen molar-refractivity contribution in [2.45, 2.75) is 46.5 Å². The van der Waals surface area contributed by atoms with Crippen LogP contribution in [0.15, 0.2) is 16.9 Å². The Morgan fingerprint density at radius 2 is 1.70 bits per heavy atom. The lowest BCUT2D eigenvalue weighted by Crippen LogP contribution is -2.22. The summed E-state index contributed by atoms with van der Waals surface area (Å²) >= 11 is 0. The van der Waals surface area contributed by atoms with Gasteiger partial charge in [-0.3, -0.25) is 9.59 Å². The van der Waals surface area contributed by atoms with E-state index in [9.17, 15) is 9.59 Å². The molecule has 3 rings (SSSR count). The Morgan fingerprint density at radius 1 is 1.04 bits per heavy atom. The number of aryl methyl sites for hydroxylation is 2. The van der Waals surface area contributed by atoms with Gasteiger partial charge in [0.05, 0.1) is 0 Å². The van der Waals surface area contributed by atoms with Crippen molar-refractivity contribution in [1.29, 1.82) is 0 Å². The molecule has 120 valence electrons. The maximum absolute atomic E-state index is 12.3. The van der Waals surface area contributed by atoms with E-state index in [-0.39, 0.29) is 5.56 Å². The topological polar surface area (TPSA) is 76.0 Å². The first-order valence-corrected chi connectivity index (χ1v) is 8.06. The molecule has 1 amide bonds. The molecule has 1 aromatic heterocycles. The SMILES string of the molecule is Cc1ccc(C(N)=O)c(C)c1-c1c(C)[nH]c(=O)c2c1CCCC2. The van der Waals surface area contributed by atoms with Crippen molar-refractivity contribution in [2.75, 3.05) is 0 Å². The molecule has 0 spiro atoms. The van der Waals surface area contributed by atoms with Crippen LogP contribution >= 0.6 is 0 Å². The van der Waals surface area contributed by atoms with E-state index in [2.05, 4.69) is 4.98 Å². The number of amides is 1. The zero-order valence-electron chi connectivity index (χ0n) is 13.9. The van der Waals surface area contributed by atoms with E-state index in [1.165, 1.54) is 0 Å². The normalized spacial score (nSPS) is 13.7. The zero-order chi connectivity index (χ0) is 16.7. The van der Waals surface area contributed by atoms with Crippen LogP contribution in [0.4, 0.5) is 0 Å². The fourth-order valence-electron chi connectivity index (χ4n) is 3.80. The van der Waals surface area contributed by atoms with Crippen molar-refractivity contribution in [2.24, 2.45) is 5.73 Å². The van der Waals surface area contributed by atoms with E-state index in [1.54, 1.807) is 6.07 Å². The molecule has 1 aromatic carbocycles. The molecule has 0 atom stereocenters. The summed E-state index contributed by atoms with van der Waals surface area (Å²) < 4.78 is 0. The van der Waals surface area contributed by atoms with Crippen molar-refractivity contribution in [3.8, 4) is 11.1 Å². The largest absolute Gasteiger partial charge is 0.366 e. The summed E-state index contributed by atoms with van der Waals surface area (Å²) in [6, 6.07) is 3.71. The molecule has 23 heavy (non-hydrogen) atoms. The lowest BCUT2D eigenvalue weighted by atomic mass is 9.82. The van der Waals surface area contributed by atoms with Crippen LogP contribution < -0.4 is 11.3 Å². The summed E-state index contributed by atoms with van der Waals surface area (Å²) in [5, 5.41) is 0. The fourth-order valence-corrected chi connectivity index (χ4v) is 3.80. The average molecular weight is 310 g/mol. The second-order valence-electron chi connectivity index (χ2n) is 6.41. The number of nitrogens with one attached hydrogen (secondary N) is 1. The molecule has 3 N–H and O–H groups in total. The predicted molar refractivity (Wildman–Crippen MR) is 91.9 cm³/mol. The highest BCUT2D eigenvalue weighted by atomic mass is 16.1. The number of hydrogen-bond donors (Lipinski definition) is 2. The van der Waals surface area contributed by atoms with Crippen LogP contribution in [0.5, 0.6) is 0 Å². The van der Waals surface area contributed by atoms with E-state index in [1.807, 2.05) is 26.8 Å². The average Bonchev–Trinajstić information content (AvgIpc) is 2.50. The maximum atomic E-state index is 12.3. The lowest BCUT2D eigenvalue weighted by molar-refractivity contribution is 0.1000. The minimum Gasteiger partial charge on any atom is -0.366 e. The van der Waals surface area contributed by atoms with Crippen LogP contribution in [0, 0.1) is 20.8 Å². The van der Waals surface area contributed by atoms with Gasteiger partial charge in [0.2, 0.25) is 5.91 Å². The van der Waals surface area contributed by atoms with Gasteiger partial charge >= 0.3 is 0 Å².